The number of nitrogens with zero attached hydrogens (tertiary/aromatic N) is 1. The highest BCUT2D eigenvalue weighted by molar-refractivity contribution is 5.90. The van der Waals surface area contributed by atoms with Crippen LogP contribution in [0.3, 0.4) is 0 Å². The number of amides is 1. The van der Waals surface area contributed by atoms with Gasteiger partial charge in [-0.3, -0.25) is 9.78 Å². The lowest BCUT2D eigenvalue weighted by Crippen LogP contribution is -2.15. The zero-order chi connectivity index (χ0) is 13.5. The Morgan fingerprint density at radius 1 is 1.26 bits per heavy atom. The average molecular weight is 256 g/mol. The van der Waals surface area contributed by atoms with Crippen LogP contribution in [0.2, 0.25) is 0 Å². The molecule has 1 aromatic carbocycles. The second-order valence-electron chi connectivity index (χ2n) is 4.15. The predicted molar refractivity (Wildman–Crippen MR) is 74.2 cm³/mol. The molecule has 0 bridgehead atoms. The molecule has 4 nitrogen and oxygen atoms in total. The molecular weight excluding hydrogens is 240 g/mol. The molecule has 0 atom stereocenters. The van der Waals surface area contributed by atoms with Crippen molar-refractivity contribution in [3.63, 3.8) is 0 Å². The van der Waals surface area contributed by atoms with E-state index in [9.17, 15) is 4.79 Å². The normalized spacial score (nSPS) is 9.95. The first-order chi connectivity index (χ1) is 9.24. The first kappa shape index (κ1) is 13.1. The molecule has 0 unspecified atom stereocenters. The molecule has 0 aliphatic heterocycles. The van der Waals surface area contributed by atoms with E-state index in [1.165, 1.54) is 0 Å². The van der Waals surface area contributed by atoms with E-state index in [0.717, 1.165) is 17.1 Å². The lowest BCUT2D eigenvalue weighted by Gasteiger charge is -2.07. The predicted octanol–water partition coefficient (Wildman–Crippen LogP) is 2.80. The molecule has 4 heteroatoms. The van der Waals surface area contributed by atoms with Gasteiger partial charge in [0.2, 0.25) is 5.91 Å². The van der Waals surface area contributed by atoms with Crippen molar-refractivity contribution >= 4 is 11.6 Å². The maximum atomic E-state index is 11.7. The minimum absolute atomic E-state index is 0.0680. The number of rotatable bonds is 5. The maximum absolute atomic E-state index is 11.7. The quantitative estimate of drug-likeness (QED) is 0.895. The number of ether oxygens (including phenoxy) is 1. The van der Waals surface area contributed by atoms with Gasteiger partial charge in [-0.15, -0.1) is 0 Å². The van der Waals surface area contributed by atoms with Crippen LogP contribution in [-0.2, 0) is 4.79 Å². The monoisotopic (exact) mass is 256 g/mol. The van der Waals surface area contributed by atoms with E-state index in [1.54, 1.807) is 12.3 Å². The summed E-state index contributed by atoms with van der Waals surface area (Å²) >= 11 is 0. The van der Waals surface area contributed by atoms with E-state index in [0.29, 0.717) is 13.0 Å². The molecule has 0 saturated heterocycles. The summed E-state index contributed by atoms with van der Waals surface area (Å²) < 4.78 is 5.46. The Kier molecular flexibility index (Phi) is 4.50. The summed E-state index contributed by atoms with van der Waals surface area (Å²) in [6.07, 6.45) is 1.99. The minimum atomic E-state index is -0.0680. The van der Waals surface area contributed by atoms with Crippen LogP contribution >= 0.6 is 0 Å². The van der Waals surface area contributed by atoms with Gasteiger partial charge in [0.1, 0.15) is 5.75 Å². The summed E-state index contributed by atoms with van der Waals surface area (Å²) in [4.78, 5) is 15.8. The number of aryl methyl sites for hydroxylation is 1. The number of hydrogen-bond acceptors (Lipinski definition) is 3. The van der Waals surface area contributed by atoms with Crippen molar-refractivity contribution in [2.24, 2.45) is 0 Å². The first-order valence-corrected chi connectivity index (χ1v) is 6.14. The van der Waals surface area contributed by atoms with Gasteiger partial charge in [0.15, 0.2) is 0 Å². The molecule has 98 valence electrons. The smallest absolute Gasteiger partial charge is 0.227 e. The van der Waals surface area contributed by atoms with Crippen LogP contribution in [0, 0.1) is 6.92 Å². The molecule has 0 aliphatic carbocycles. The summed E-state index contributed by atoms with van der Waals surface area (Å²) in [6, 6.07) is 13.0. The molecule has 2 aromatic rings. The molecular formula is C15H16N2O2. The van der Waals surface area contributed by atoms with E-state index in [2.05, 4.69) is 10.3 Å². The molecule has 19 heavy (non-hydrogen) atoms. The van der Waals surface area contributed by atoms with Gasteiger partial charge < -0.3 is 10.1 Å². The number of aromatic nitrogens is 1. The van der Waals surface area contributed by atoms with Crippen molar-refractivity contribution in [2.75, 3.05) is 11.9 Å². The topological polar surface area (TPSA) is 51.2 Å². The van der Waals surface area contributed by atoms with Crippen molar-refractivity contribution in [2.45, 2.75) is 13.3 Å². The summed E-state index contributed by atoms with van der Waals surface area (Å²) in [6.45, 7) is 2.24. The number of pyridine rings is 1. The fraction of sp³-hybridized carbons (Fsp3) is 0.200. The highest BCUT2D eigenvalue weighted by Gasteiger charge is 2.03. The van der Waals surface area contributed by atoms with Crippen molar-refractivity contribution in [3.8, 4) is 5.75 Å². The third-order valence-corrected chi connectivity index (χ3v) is 2.52. The van der Waals surface area contributed by atoms with E-state index < -0.39 is 0 Å². The Hall–Kier alpha value is -2.36. The molecule has 0 radical (unpaired) electrons. The molecule has 2 rings (SSSR count). The zero-order valence-corrected chi connectivity index (χ0v) is 10.8. The Labute approximate surface area is 112 Å². The van der Waals surface area contributed by atoms with Gasteiger partial charge in [0.25, 0.3) is 0 Å². The van der Waals surface area contributed by atoms with Gasteiger partial charge in [-0.05, 0) is 31.2 Å². The van der Waals surface area contributed by atoms with Gasteiger partial charge in [0, 0.05) is 17.6 Å². The molecule has 0 saturated carbocycles. The number of hydrogen-bond donors (Lipinski definition) is 1. The molecule has 1 N–H and O–H groups in total. The van der Waals surface area contributed by atoms with Gasteiger partial charge >= 0.3 is 0 Å². The molecule has 0 aliphatic rings. The number of nitrogens with one attached hydrogen (secondary N) is 1. The lowest BCUT2D eigenvalue weighted by molar-refractivity contribution is -0.116. The number of para-hydroxylation sites is 1. The fourth-order valence-electron chi connectivity index (χ4n) is 1.63. The Morgan fingerprint density at radius 3 is 2.79 bits per heavy atom. The Morgan fingerprint density at radius 2 is 2.05 bits per heavy atom. The largest absolute Gasteiger partial charge is 0.493 e. The molecule has 1 heterocycles. The standard InChI is InChI=1S/C15H16N2O2/c1-12-11-13(7-9-16-12)17-15(18)8-10-19-14-5-3-2-4-6-14/h2-7,9,11H,8,10H2,1H3,(H,16,17,18). The molecule has 0 fully saturated rings. The molecule has 1 amide bonds. The highest BCUT2D eigenvalue weighted by Crippen LogP contribution is 2.10. The lowest BCUT2D eigenvalue weighted by atomic mass is 10.3. The van der Waals surface area contributed by atoms with Crippen LogP contribution in [0.1, 0.15) is 12.1 Å². The van der Waals surface area contributed by atoms with Crippen LogP contribution in [0.5, 0.6) is 5.75 Å². The number of benzene rings is 1. The third-order valence-electron chi connectivity index (χ3n) is 2.52. The van der Waals surface area contributed by atoms with E-state index >= 15 is 0 Å². The Bertz CT molecular complexity index is 541. The van der Waals surface area contributed by atoms with Crippen LogP contribution in [-0.4, -0.2) is 17.5 Å². The van der Waals surface area contributed by atoms with Crippen LogP contribution < -0.4 is 10.1 Å². The van der Waals surface area contributed by atoms with Gasteiger partial charge in [0.05, 0.1) is 13.0 Å². The van der Waals surface area contributed by atoms with E-state index in [4.69, 9.17) is 4.74 Å². The van der Waals surface area contributed by atoms with Crippen LogP contribution in [0.15, 0.2) is 48.7 Å². The van der Waals surface area contributed by atoms with E-state index in [-0.39, 0.29) is 5.91 Å². The maximum Gasteiger partial charge on any atom is 0.227 e. The zero-order valence-electron chi connectivity index (χ0n) is 10.8. The van der Waals surface area contributed by atoms with Gasteiger partial charge in [-0.1, -0.05) is 18.2 Å². The summed E-state index contributed by atoms with van der Waals surface area (Å²) in [5, 5.41) is 2.81. The van der Waals surface area contributed by atoms with Gasteiger partial charge in [-0.2, -0.15) is 0 Å². The van der Waals surface area contributed by atoms with Crippen LogP contribution in [0.4, 0.5) is 5.69 Å². The first-order valence-electron chi connectivity index (χ1n) is 6.14. The molecule has 0 spiro atoms. The third kappa shape index (κ3) is 4.43. The van der Waals surface area contributed by atoms with Crippen molar-refractivity contribution in [3.05, 3.63) is 54.4 Å². The minimum Gasteiger partial charge on any atom is -0.493 e. The summed E-state index contributed by atoms with van der Waals surface area (Å²) in [5.41, 5.74) is 1.63. The highest BCUT2D eigenvalue weighted by atomic mass is 16.5. The average Bonchev–Trinajstić information content (AvgIpc) is 2.40. The van der Waals surface area contributed by atoms with Crippen molar-refractivity contribution < 1.29 is 9.53 Å². The molecule has 1 aromatic heterocycles. The Balaban J connectivity index is 1.76. The van der Waals surface area contributed by atoms with E-state index in [1.807, 2.05) is 43.3 Å². The van der Waals surface area contributed by atoms with Crippen molar-refractivity contribution in [1.29, 1.82) is 0 Å². The second kappa shape index (κ2) is 6.54. The van der Waals surface area contributed by atoms with Crippen molar-refractivity contribution in [1.82, 2.24) is 4.98 Å². The SMILES string of the molecule is Cc1cc(NC(=O)CCOc2ccccc2)ccn1. The van der Waals surface area contributed by atoms with Crippen LogP contribution in [0.25, 0.3) is 0 Å². The number of carbonyl (C=O) groups excluding carboxylic acids is 1. The fourth-order valence-corrected chi connectivity index (χ4v) is 1.63. The summed E-state index contributed by atoms with van der Waals surface area (Å²) in [5.74, 6) is 0.705. The number of anilines is 1. The van der Waals surface area contributed by atoms with Gasteiger partial charge in [-0.25, -0.2) is 0 Å². The second-order valence-corrected chi connectivity index (χ2v) is 4.15. The number of carbonyl (C=O) groups is 1. The summed E-state index contributed by atoms with van der Waals surface area (Å²) in [7, 11) is 0.